The molecule has 0 bridgehead atoms. The van der Waals surface area contributed by atoms with Crippen molar-refractivity contribution < 1.29 is 14.7 Å². The topological polar surface area (TPSA) is 57.6 Å². The molecule has 0 aromatic heterocycles. The van der Waals surface area contributed by atoms with Gasteiger partial charge in [0.25, 0.3) is 11.8 Å². The van der Waals surface area contributed by atoms with E-state index >= 15 is 0 Å². The number of rotatable bonds is 3. The molecule has 0 saturated carbocycles. The average Bonchev–Trinajstić information content (AvgIpc) is 2.56. The van der Waals surface area contributed by atoms with E-state index in [-0.39, 0.29) is 17.6 Å². The number of imide groups is 1. The smallest absolute Gasteiger partial charge is 0.253 e. The lowest BCUT2D eigenvalue weighted by Gasteiger charge is -2.13. The molecule has 1 aromatic carbocycles. The summed E-state index contributed by atoms with van der Waals surface area (Å²) in [6.07, 6.45) is 3.09. The lowest BCUT2D eigenvalue weighted by atomic mass is 10.1. The minimum absolute atomic E-state index is 0.190. The van der Waals surface area contributed by atoms with Gasteiger partial charge in [0, 0.05) is 18.7 Å². The number of benzene rings is 1. The first-order valence-electron chi connectivity index (χ1n) is 4.98. The number of phenols is 1. The van der Waals surface area contributed by atoms with Crippen LogP contribution in [0.15, 0.2) is 36.4 Å². The van der Waals surface area contributed by atoms with Crippen LogP contribution < -0.4 is 0 Å². The maximum Gasteiger partial charge on any atom is 0.253 e. The third-order valence-electron chi connectivity index (χ3n) is 2.44. The monoisotopic (exact) mass is 217 g/mol. The average molecular weight is 217 g/mol. The van der Waals surface area contributed by atoms with E-state index in [0.717, 1.165) is 5.56 Å². The van der Waals surface area contributed by atoms with E-state index in [9.17, 15) is 14.7 Å². The van der Waals surface area contributed by atoms with Crippen molar-refractivity contribution >= 4 is 11.8 Å². The zero-order chi connectivity index (χ0) is 11.5. The van der Waals surface area contributed by atoms with Crippen molar-refractivity contribution in [2.24, 2.45) is 0 Å². The molecule has 2 amide bonds. The quantitative estimate of drug-likeness (QED) is 0.764. The lowest BCUT2D eigenvalue weighted by Crippen LogP contribution is -2.31. The lowest BCUT2D eigenvalue weighted by molar-refractivity contribution is -0.136. The Kier molecular flexibility index (Phi) is 2.72. The fourth-order valence-corrected chi connectivity index (χ4v) is 1.60. The number of carbonyl (C=O) groups excluding carboxylic acids is 2. The number of hydrogen-bond donors (Lipinski definition) is 1. The summed E-state index contributed by atoms with van der Waals surface area (Å²) in [6.45, 7) is 0.341. The Morgan fingerprint density at radius 1 is 1.12 bits per heavy atom. The number of aromatic hydroxyl groups is 1. The highest BCUT2D eigenvalue weighted by molar-refractivity contribution is 6.12. The summed E-state index contributed by atoms with van der Waals surface area (Å²) >= 11 is 0. The van der Waals surface area contributed by atoms with Gasteiger partial charge in [0.2, 0.25) is 0 Å². The second kappa shape index (κ2) is 4.18. The number of carbonyl (C=O) groups is 2. The zero-order valence-electron chi connectivity index (χ0n) is 8.59. The van der Waals surface area contributed by atoms with Crippen molar-refractivity contribution in [1.29, 1.82) is 0 Å². The van der Waals surface area contributed by atoms with Crippen molar-refractivity contribution in [2.75, 3.05) is 6.54 Å². The standard InChI is InChI=1S/C12H11NO3/c14-10-3-1-2-9(8-10)6-7-13-11(15)4-5-12(13)16/h1-5,8,14H,6-7H2. The molecule has 2 rings (SSSR count). The minimum atomic E-state index is -0.273. The Morgan fingerprint density at radius 3 is 2.44 bits per heavy atom. The molecule has 0 spiro atoms. The van der Waals surface area contributed by atoms with Gasteiger partial charge >= 0.3 is 0 Å². The van der Waals surface area contributed by atoms with Gasteiger partial charge in [0.15, 0.2) is 0 Å². The molecule has 0 saturated heterocycles. The molecular formula is C12H11NO3. The normalized spacial score (nSPS) is 14.9. The summed E-state index contributed by atoms with van der Waals surface area (Å²) in [7, 11) is 0. The molecule has 1 aliphatic rings. The first-order valence-corrected chi connectivity index (χ1v) is 4.98. The SMILES string of the molecule is O=C1C=CC(=O)N1CCc1cccc(O)c1. The van der Waals surface area contributed by atoms with Crippen molar-refractivity contribution in [3.8, 4) is 5.75 Å². The zero-order valence-corrected chi connectivity index (χ0v) is 8.59. The Hall–Kier alpha value is -2.10. The second-order valence-corrected chi connectivity index (χ2v) is 3.58. The highest BCUT2D eigenvalue weighted by Crippen LogP contribution is 2.12. The highest BCUT2D eigenvalue weighted by Gasteiger charge is 2.22. The Morgan fingerprint density at radius 2 is 1.81 bits per heavy atom. The second-order valence-electron chi connectivity index (χ2n) is 3.58. The van der Waals surface area contributed by atoms with Gasteiger partial charge < -0.3 is 5.11 Å². The van der Waals surface area contributed by atoms with Crippen molar-refractivity contribution in [2.45, 2.75) is 6.42 Å². The fourth-order valence-electron chi connectivity index (χ4n) is 1.60. The highest BCUT2D eigenvalue weighted by atomic mass is 16.3. The maximum atomic E-state index is 11.2. The van der Waals surface area contributed by atoms with Gasteiger partial charge in [-0.15, -0.1) is 0 Å². The molecule has 1 aromatic rings. The summed E-state index contributed by atoms with van der Waals surface area (Å²) in [5.74, 6) is -0.356. The fraction of sp³-hybridized carbons (Fsp3) is 0.167. The van der Waals surface area contributed by atoms with Crippen LogP contribution in [-0.4, -0.2) is 28.4 Å². The summed E-state index contributed by atoms with van der Waals surface area (Å²) < 4.78 is 0. The number of nitrogens with zero attached hydrogens (tertiary/aromatic N) is 1. The van der Waals surface area contributed by atoms with E-state index in [1.165, 1.54) is 17.1 Å². The number of amides is 2. The van der Waals surface area contributed by atoms with Crippen LogP contribution in [0.2, 0.25) is 0 Å². The Labute approximate surface area is 92.8 Å². The van der Waals surface area contributed by atoms with Crippen LogP contribution in [0.3, 0.4) is 0 Å². The molecular weight excluding hydrogens is 206 g/mol. The summed E-state index contributed by atoms with van der Waals surface area (Å²) in [4.78, 5) is 23.7. The first-order chi connectivity index (χ1) is 7.66. The number of phenolic OH excluding ortho intramolecular Hbond substituents is 1. The third-order valence-corrected chi connectivity index (χ3v) is 2.44. The maximum absolute atomic E-state index is 11.2. The Bertz CT molecular complexity index is 447. The van der Waals surface area contributed by atoms with Gasteiger partial charge in [-0.3, -0.25) is 14.5 Å². The van der Waals surface area contributed by atoms with Crippen LogP contribution in [0.4, 0.5) is 0 Å². The molecule has 82 valence electrons. The van der Waals surface area contributed by atoms with Gasteiger partial charge in [-0.1, -0.05) is 12.1 Å². The van der Waals surface area contributed by atoms with Crippen LogP contribution in [0.25, 0.3) is 0 Å². The van der Waals surface area contributed by atoms with Gasteiger partial charge in [-0.2, -0.15) is 0 Å². The van der Waals surface area contributed by atoms with Crippen molar-refractivity contribution in [3.63, 3.8) is 0 Å². The molecule has 0 unspecified atom stereocenters. The number of hydrogen-bond acceptors (Lipinski definition) is 3. The van der Waals surface area contributed by atoms with E-state index in [1.54, 1.807) is 18.2 Å². The predicted molar refractivity (Wildman–Crippen MR) is 57.7 cm³/mol. The first kappa shape index (κ1) is 10.4. The molecule has 0 atom stereocenters. The van der Waals surface area contributed by atoms with E-state index in [0.29, 0.717) is 13.0 Å². The largest absolute Gasteiger partial charge is 0.508 e. The van der Waals surface area contributed by atoms with Gasteiger partial charge in [-0.05, 0) is 24.1 Å². The predicted octanol–water partition coefficient (Wildman–Crippen LogP) is 0.860. The third kappa shape index (κ3) is 2.11. The summed E-state index contributed by atoms with van der Waals surface area (Å²) in [6, 6.07) is 6.78. The molecule has 1 aliphatic heterocycles. The van der Waals surface area contributed by atoms with Crippen LogP contribution in [0.5, 0.6) is 5.75 Å². The molecule has 1 N–H and O–H groups in total. The minimum Gasteiger partial charge on any atom is -0.508 e. The summed E-state index contributed by atoms with van der Waals surface area (Å²) in [5, 5.41) is 9.25. The van der Waals surface area contributed by atoms with E-state index in [1.807, 2.05) is 6.07 Å². The van der Waals surface area contributed by atoms with Gasteiger partial charge in [0.1, 0.15) is 5.75 Å². The van der Waals surface area contributed by atoms with Crippen LogP contribution in [0, 0.1) is 0 Å². The van der Waals surface area contributed by atoms with E-state index in [2.05, 4.69) is 0 Å². The Balaban J connectivity index is 1.98. The summed E-state index contributed by atoms with van der Waals surface area (Å²) in [5.41, 5.74) is 0.896. The molecule has 0 fully saturated rings. The molecule has 1 heterocycles. The molecule has 16 heavy (non-hydrogen) atoms. The van der Waals surface area contributed by atoms with E-state index < -0.39 is 0 Å². The van der Waals surface area contributed by atoms with Gasteiger partial charge in [-0.25, -0.2) is 0 Å². The van der Waals surface area contributed by atoms with Crippen LogP contribution in [0.1, 0.15) is 5.56 Å². The van der Waals surface area contributed by atoms with Crippen LogP contribution in [-0.2, 0) is 16.0 Å². The van der Waals surface area contributed by atoms with Crippen LogP contribution >= 0.6 is 0 Å². The van der Waals surface area contributed by atoms with Gasteiger partial charge in [0.05, 0.1) is 0 Å². The van der Waals surface area contributed by atoms with Crippen molar-refractivity contribution in [1.82, 2.24) is 4.90 Å². The van der Waals surface area contributed by atoms with Crippen molar-refractivity contribution in [3.05, 3.63) is 42.0 Å². The molecule has 0 aliphatic carbocycles. The molecule has 4 heteroatoms. The van der Waals surface area contributed by atoms with E-state index in [4.69, 9.17) is 0 Å². The molecule has 0 radical (unpaired) electrons. The molecule has 4 nitrogen and oxygen atoms in total.